The molecule has 0 aromatic heterocycles. The lowest BCUT2D eigenvalue weighted by molar-refractivity contribution is 1.09. The summed E-state index contributed by atoms with van der Waals surface area (Å²) in [5, 5.41) is 1.01. The first-order valence-electron chi connectivity index (χ1n) is 4.62. The fraction of sp³-hybridized carbons (Fsp3) is 0.333. The molecule has 0 nitrogen and oxygen atoms in total. The Balaban J connectivity index is 3.10. The van der Waals surface area contributed by atoms with Crippen LogP contribution < -0.4 is 0 Å². The molecule has 13 heavy (non-hydrogen) atoms. The van der Waals surface area contributed by atoms with Gasteiger partial charge in [0.05, 0.1) is 0 Å². The Morgan fingerprint density at radius 1 is 1.38 bits per heavy atom. The van der Waals surface area contributed by atoms with Crippen LogP contribution in [0.1, 0.15) is 23.6 Å². The van der Waals surface area contributed by atoms with Gasteiger partial charge in [-0.2, -0.15) is 0 Å². The van der Waals surface area contributed by atoms with Crippen molar-refractivity contribution >= 4 is 22.0 Å². The van der Waals surface area contributed by atoms with Gasteiger partial charge in [0, 0.05) is 5.33 Å². The van der Waals surface area contributed by atoms with E-state index in [1.807, 2.05) is 6.08 Å². The second-order valence-corrected chi connectivity index (χ2v) is 3.78. The van der Waals surface area contributed by atoms with Crippen LogP contribution in [0.2, 0.25) is 0 Å². The molecule has 1 aromatic carbocycles. The summed E-state index contributed by atoms with van der Waals surface area (Å²) in [6.45, 7) is 6.05. The molecule has 0 aliphatic rings. The van der Waals surface area contributed by atoms with Crippen LogP contribution in [0.25, 0.3) is 6.08 Å². The molecular formula is C12H15Br. The van der Waals surface area contributed by atoms with Crippen molar-refractivity contribution < 1.29 is 0 Å². The standard InChI is InChI=1S/C12H15Br/c1-3-10-6-5-7-11(8-9-13)12(10)4-2/h4-7H,2-3,8-9H2,1H3. The van der Waals surface area contributed by atoms with Gasteiger partial charge < -0.3 is 0 Å². The lowest BCUT2D eigenvalue weighted by Gasteiger charge is -2.08. The third-order valence-corrected chi connectivity index (χ3v) is 2.63. The minimum Gasteiger partial charge on any atom is -0.0984 e. The maximum atomic E-state index is 3.87. The van der Waals surface area contributed by atoms with Gasteiger partial charge in [-0.05, 0) is 29.5 Å². The minimum atomic E-state index is 1.01. The molecule has 0 saturated heterocycles. The minimum absolute atomic E-state index is 1.01. The third-order valence-electron chi connectivity index (χ3n) is 2.24. The van der Waals surface area contributed by atoms with E-state index in [4.69, 9.17) is 0 Å². The van der Waals surface area contributed by atoms with Crippen molar-refractivity contribution in [2.75, 3.05) is 5.33 Å². The van der Waals surface area contributed by atoms with E-state index in [0.29, 0.717) is 0 Å². The van der Waals surface area contributed by atoms with Crippen molar-refractivity contribution in [3.05, 3.63) is 41.5 Å². The van der Waals surface area contributed by atoms with E-state index in [0.717, 1.165) is 18.2 Å². The SMILES string of the molecule is C=Cc1c(CC)cccc1CCBr. The Labute approximate surface area is 88.8 Å². The highest BCUT2D eigenvalue weighted by atomic mass is 79.9. The zero-order valence-electron chi connectivity index (χ0n) is 8.02. The van der Waals surface area contributed by atoms with Crippen LogP contribution in [0.3, 0.4) is 0 Å². The molecule has 0 atom stereocenters. The highest BCUT2D eigenvalue weighted by Gasteiger charge is 2.02. The molecule has 0 fully saturated rings. The van der Waals surface area contributed by atoms with Crippen LogP contribution in [-0.2, 0) is 12.8 Å². The van der Waals surface area contributed by atoms with Gasteiger partial charge in [-0.25, -0.2) is 0 Å². The van der Waals surface area contributed by atoms with Gasteiger partial charge in [0.2, 0.25) is 0 Å². The number of halogens is 1. The van der Waals surface area contributed by atoms with E-state index >= 15 is 0 Å². The molecule has 0 N–H and O–H groups in total. The van der Waals surface area contributed by atoms with Crippen molar-refractivity contribution in [1.29, 1.82) is 0 Å². The molecule has 0 amide bonds. The largest absolute Gasteiger partial charge is 0.0984 e. The normalized spacial score (nSPS) is 10.0. The molecule has 0 saturated carbocycles. The van der Waals surface area contributed by atoms with Crippen LogP contribution >= 0.6 is 15.9 Å². The molecule has 0 spiro atoms. The summed E-state index contributed by atoms with van der Waals surface area (Å²) >= 11 is 3.46. The molecule has 0 aliphatic carbocycles. The Bertz CT molecular complexity index is 289. The van der Waals surface area contributed by atoms with E-state index in [1.54, 1.807) is 0 Å². The van der Waals surface area contributed by atoms with E-state index in [-0.39, 0.29) is 0 Å². The molecule has 0 aliphatic heterocycles. The first-order valence-corrected chi connectivity index (χ1v) is 5.74. The van der Waals surface area contributed by atoms with Gasteiger partial charge >= 0.3 is 0 Å². The monoisotopic (exact) mass is 238 g/mol. The zero-order valence-corrected chi connectivity index (χ0v) is 9.60. The van der Waals surface area contributed by atoms with Crippen molar-refractivity contribution in [1.82, 2.24) is 0 Å². The van der Waals surface area contributed by atoms with Gasteiger partial charge in [-0.15, -0.1) is 0 Å². The summed E-state index contributed by atoms with van der Waals surface area (Å²) in [6.07, 6.45) is 4.13. The summed E-state index contributed by atoms with van der Waals surface area (Å²) in [6, 6.07) is 6.48. The lowest BCUT2D eigenvalue weighted by Crippen LogP contribution is -1.95. The van der Waals surface area contributed by atoms with Gasteiger partial charge in [0.1, 0.15) is 0 Å². The average molecular weight is 239 g/mol. The molecular weight excluding hydrogens is 224 g/mol. The maximum Gasteiger partial charge on any atom is 0.00720 e. The second kappa shape index (κ2) is 5.23. The Hall–Kier alpha value is -0.560. The van der Waals surface area contributed by atoms with Crippen molar-refractivity contribution in [2.24, 2.45) is 0 Å². The van der Waals surface area contributed by atoms with Crippen LogP contribution in [0.4, 0.5) is 0 Å². The first kappa shape index (κ1) is 10.5. The van der Waals surface area contributed by atoms with Crippen molar-refractivity contribution in [2.45, 2.75) is 19.8 Å². The van der Waals surface area contributed by atoms with E-state index in [1.165, 1.54) is 16.7 Å². The van der Waals surface area contributed by atoms with Gasteiger partial charge in [-0.1, -0.05) is 53.7 Å². The van der Waals surface area contributed by atoms with Crippen molar-refractivity contribution in [3.8, 4) is 0 Å². The van der Waals surface area contributed by atoms with Gasteiger partial charge in [-0.3, -0.25) is 0 Å². The number of aryl methyl sites for hydroxylation is 2. The predicted molar refractivity (Wildman–Crippen MR) is 63.4 cm³/mol. The fourth-order valence-corrected chi connectivity index (χ4v) is 1.98. The number of rotatable bonds is 4. The summed E-state index contributed by atoms with van der Waals surface area (Å²) < 4.78 is 0. The number of benzene rings is 1. The summed E-state index contributed by atoms with van der Waals surface area (Å²) in [5.74, 6) is 0. The van der Waals surface area contributed by atoms with E-state index in [9.17, 15) is 0 Å². The fourth-order valence-electron chi connectivity index (χ4n) is 1.56. The van der Waals surface area contributed by atoms with Gasteiger partial charge in [0.15, 0.2) is 0 Å². The molecule has 1 rings (SSSR count). The first-order chi connectivity index (χ1) is 6.33. The predicted octanol–water partition coefficient (Wildman–Crippen LogP) is 3.83. The topological polar surface area (TPSA) is 0 Å². The van der Waals surface area contributed by atoms with Crippen molar-refractivity contribution in [3.63, 3.8) is 0 Å². The zero-order chi connectivity index (χ0) is 9.68. The molecule has 70 valence electrons. The average Bonchev–Trinajstić information content (AvgIpc) is 2.18. The molecule has 0 radical (unpaired) electrons. The summed E-state index contributed by atoms with van der Waals surface area (Å²) in [4.78, 5) is 0. The molecule has 1 heteroatoms. The quantitative estimate of drug-likeness (QED) is 0.700. The maximum absolute atomic E-state index is 3.87. The molecule has 0 unspecified atom stereocenters. The Kier molecular flexibility index (Phi) is 4.23. The smallest absolute Gasteiger partial charge is 0.00720 e. The second-order valence-electron chi connectivity index (χ2n) is 2.99. The Morgan fingerprint density at radius 3 is 2.62 bits per heavy atom. The molecule has 0 bridgehead atoms. The number of hydrogen-bond acceptors (Lipinski definition) is 0. The lowest BCUT2D eigenvalue weighted by atomic mass is 9.98. The highest BCUT2D eigenvalue weighted by Crippen LogP contribution is 2.18. The Morgan fingerprint density at radius 2 is 2.08 bits per heavy atom. The van der Waals surface area contributed by atoms with E-state index < -0.39 is 0 Å². The summed E-state index contributed by atoms with van der Waals surface area (Å²) in [5.41, 5.74) is 4.11. The van der Waals surface area contributed by atoms with Gasteiger partial charge in [0.25, 0.3) is 0 Å². The molecule has 0 heterocycles. The van der Waals surface area contributed by atoms with E-state index in [2.05, 4.69) is 47.6 Å². The van der Waals surface area contributed by atoms with Crippen LogP contribution in [0, 0.1) is 0 Å². The summed E-state index contributed by atoms with van der Waals surface area (Å²) in [7, 11) is 0. The highest BCUT2D eigenvalue weighted by molar-refractivity contribution is 9.09. The third kappa shape index (κ3) is 2.44. The van der Waals surface area contributed by atoms with Crippen LogP contribution in [0.15, 0.2) is 24.8 Å². The van der Waals surface area contributed by atoms with Crippen LogP contribution in [0.5, 0.6) is 0 Å². The molecule has 1 aromatic rings. The van der Waals surface area contributed by atoms with Crippen LogP contribution in [-0.4, -0.2) is 5.33 Å². The number of hydrogen-bond donors (Lipinski definition) is 0. The number of alkyl halides is 1.